The molecule has 2 saturated heterocycles. The summed E-state index contributed by atoms with van der Waals surface area (Å²) in [6.45, 7) is 12.1. The van der Waals surface area contributed by atoms with Crippen LogP contribution in [-0.4, -0.2) is 53.1 Å². The normalized spacial score (nSPS) is 22.7. The highest BCUT2D eigenvalue weighted by Gasteiger charge is 2.36. The maximum atomic E-state index is 12.9. The van der Waals surface area contributed by atoms with Crippen molar-refractivity contribution in [3.63, 3.8) is 0 Å². The third-order valence-corrected chi connectivity index (χ3v) is 5.89. The number of piperidine rings is 1. The Balaban J connectivity index is 1.58. The number of hydrogen-bond acceptors (Lipinski definition) is 4. The molecule has 2 aliphatic heterocycles. The SMILES string of the molecule is CC1CCCN(Cc2ccccc2CNC(=O)[C@@H]2CCCN2C(=O)OC(C)(C)C)C1. The Bertz CT molecular complexity index is 743. The number of nitrogens with one attached hydrogen (secondary N) is 1. The maximum absolute atomic E-state index is 12.9. The lowest BCUT2D eigenvalue weighted by molar-refractivity contribution is -0.125. The van der Waals surface area contributed by atoms with E-state index < -0.39 is 17.7 Å². The van der Waals surface area contributed by atoms with Gasteiger partial charge in [-0.15, -0.1) is 0 Å². The largest absolute Gasteiger partial charge is 0.444 e. The summed E-state index contributed by atoms with van der Waals surface area (Å²) in [5.41, 5.74) is 1.85. The van der Waals surface area contributed by atoms with Crippen LogP contribution in [0.15, 0.2) is 24.3 Å². The quantitative estimate of drug-likeness (QED) is 0.791. The molecule has 6 nitrogen and oxygen atoms in total. The van der Waals surface area contributed by atoms with Crippen molar-refractivity contribution in [3.05, 3.63) is 35.4 Å². The second kappa shape index (κ2) is 9.82. The van der Waals surface area contributed by atoms with Crippen molar-refractivity contribution in [2.24, 2.45) is 5.92 Å². The van der Waals surface area contributed by atoms with Gasteiger partial charge in [-0.05, 0) is 70.0 Å². The number of likely N-dealkylation sites (tertiary alicyclic amines) is 2. The molecule has 0 radical (unpaired) electrons. The molecule has 1 N–H and O–H groups in total. The molecule has 0 spiro atoms. The number of hydrogen-bond donors (Lipinski definition) is 1. The summed E-state index contributed by atoms with van der Waals surface area (Å²) in [6, 6.07) is 7.88. The topological polar surface area (TPSA) is 61.9 Å². The molecule has 1 unspecified atom stereocenters. The summed E-state index contributed by atoms with van der Waals surface area (Å²) in [5.74, 6) is 0.645. The average Bonchev–Trinajstić information content (AvgIpc) is 3.16. The smallest absolute Gasteiger partial charge is 0.410 e. The van der Waals surface area contributed by atoms with Crippen LogP contribution in [0.4, 0.5) is 4.79 Å². The minimum absolute atomic E-state index is 0.0974. The van der Waals surface area contributed by atoms with E-state index in [0.717, 1.165) is 37.5 Å². The van der Waals surface area contributed by atoms with E-state index in [2.05, 4.69) is 35.3 Å². The van der Waals surface area contributed by atoms with Gasteiger partial charge in [0, 0.05) is 26.2 Å². The van der Waals surface area contributed by atoms with Crippen LogP contribution >= 0.6 is 0 Å². The number of ether oxygens (including phenoxy) is 1. The number of benzene rings is 1. The van der Waals surface area contributed by atoms with E-state index in [9.17, 15) is 9.59 Å². The predicted molar refractivity (Wildman–Crippen MR) is 118 cm³/mol. The Kier molecular flexibility index (Phi) is 7.40. The van der Waals surface area contributed by atoms with Gasteiger partial charge >= 0.3 is 6.09 Å². The van der Waals surface area contributed by atoms with Crippen molar-refractivity contribution in [2.45, 2.75) is 78.1 Å². The molecule has 2 aliphatic rings. The van der Waals surface area contributed by atoms with Crippen LogP contribution in [0.25, 0.3) is 0 Å². The first-order valence-electron chi connectivity index (χ1n) is 11.3. The molecule has 6 heteroatoms. The van der Waals surface area contributed by atoms with E-state index in [1.165, 1.54) is 18.4 Å². The average molecular weight is 416 g/mol. The van der Waals surface area contributed by atoms with E-state index in [0.29, 0.717) is 19.5 Å². The second-order valence-electron chi connectivity index (χ2n) is 9.80. The molecule has 0 aliphatic carbocycles. The Labute approximate surface area is 180 Å². The summed E-state index contributed by atoms with van der Waals surface area (Å²) in [7, 11) is 0. The number of carbonyl (C=O) groups is 2. The molecule has 2 atom stereocenters. The van der Waals surface area contributed by atoms with Gasteiger partial charge in [0.15, 0.2) is 0 Å². The summed E-state index contributed by atoms with van der Waals surface area (Å²) in [6.07, 6.45) is 3.66. The molecular weight excluding hydrogens is 378 g/mol. The van der Waals surface area contributed by atoms with Crippen molar-refractivity contribution in [1.29, 1.82) is 0 Å². The van der Waals surface area contributed by atoms with E-state index in [1.807, 2.05) is 26.8 Å². The number of carbonyl (C=O) groups excluding carboxylic acids is 2. The van der Waals surface area contributed by atoms with Crippen LogP contribution in [-0.2, 0) is 22.6 Å². The van der Waals surface area contributed by atoms with Crippen molar-refractivity contribution >= 4 is 12.0 Å². The maximum Gasteiger partial charge on any atom is 0.410 e. The van der Waals surface area contributed by atoms with Gasteiger partial charge in [0.25, 0.3) is 0 Å². The van der Waals surface area contributed by atoms with E-state index >= 15 is 0 Å². The Hall–Kier alpha value is -2.08. The summed E-state index contributed by atoms with van der Waals surface area (Å²) in [5, 5.41) is 3.07. The van der Waals surface area contributed by atoms with Crippen LogP contribution in [0.3, 0.4) is 0 Å². The van der Waals surface area contributed by atoms with E-state index in [1.54, 1.807) is 4.90 Å². The first kappa shape index (κ1) is 22.6. The van der Waals surface area contributed by atoms with E-state index in [-0.39, 0.29) is 5.91 Å². The zero-order valence-corrected chi connectivity index (χ0v) is 18.9. The molecule has 0 aromatic heterocycles. The standard InChI is InChI=1S/C24H37N3O3/c1-18-9-7-13-26(16-18)17-20-11-6-5-10-19(20)15-25-22(28)21-12-8-14-27(21)23(29)30-24(2,3)4/h5-6,10-11,18,21H,7-9,12-17H2,1-4H3,(H,25,28)/t18?,21-/m0/s1. The molecule has 0 saturated carbocycles. The van der Waals surface area contributed by atoms with Crippen molar-refractivity contribution in [1.82, 2.24) is 15.1 Å². The molecule has 1 aromatic rings. The lowest BCUT2D eigenvalue weighted by Gasteiger charge is -2.31. The minimum Gasteiger partial charge on any atom is -0.444 e. The van der Waals surface area contributed by atoms with Gasteiger partial charge in [0.2, 0.25) is 5.91 Å². The fourth-order valence-corrected chi connectivity index (χ4v) is 4.43. The Morgan fingerprint density at radius 1 is 1.10 bits per heavy atom. The molecule has 1 aromatic carbocycles. The molecule has 3 rings (SSSR count). The van der Waals surface area contributed by atoms with Gasteiger partial charge in [-0.25, -0.2) is 4.79 Å². The molecule has 2 fully saturated rings. The molecule has 2 amide bonds. The van der Waals surface area contributed by atoms with Gasteiger partial charge in [-0.1, -0.05) is 31.2 Å². The Morgan fingerprint density at radius 2 is 1.80 bits per heavy atom. The monoisotopic (exact) mass is 415 g/mol. The molecule has 0 bridgehead atoms. The van der Waals surface area contributed by atoms with Crippen LogP contribution < -0.4 is 5.32 Å². The van der Waals surface area contributed by atoms with Crippen molar-refractivity contribution in [2.75, 3.05) is 19.6 Å². The second-order valence-corrected chi connectivity index (χ2v) is 9.80. The van der Waals surface area contributed by atoms with Gasteiger partial charge in [0.05, 0.1) is 0 Å². The fraction of sp³-hybridized carbons (Fsp3) is 0.667. The van der Waals surface area contributed by atoms with Gasteiger partial charge in [0.1, 0.15) is 11.6 Å². The third kappa shape index (κ3) is 6.21. The van der Waals surface area contributed by atoms with Crippen molar-refractivity contribution in [3.8, 4) is 0 Å². The molecule has 2 heterocycles. The zero-order valence-electron chi connectivity index (χ0n) is 18.9. The highest BCUT2D eigenvalue weighted by atomic mass is 16.6. The van der Waals surface area contributed by atoms with Crippen molar-refractivity contribution < 1.29 is 14.3 Å². The van der Waals surface area contributed by atoms with Gasteiger partial charge < -0.3 is 10.1 Å². The van der Waals surface area contributed by atoms with Gasteiger partial charge in [-0.2, -0.15) is 0 Å². The molecule has 166 valence electrons. The summed E-state index contributed by atoms with van der Waals surface area (Å²) < 4.78 is 5.48. The first-order valence-corrected chi connectivity index (χ1v) is 11.3. The van der Waals surface area contributed by atoms with E-state index in [4.69, 9.17) is 4.74 Å². The lowest BCUT2D eigenvalue weighted by atomic mass is 9.99. The molecular formula is C24H37N3O3. The van der Waals surface area contributed by atoms with Crippen LogP contribution in [0, 0.1) is 5.92 Å². The summed E-state index contributed by atoms with van der Waals surface area (Å²) in [4.78, 5) is 29.4. The minimum atomic E-state index is -0.564. The lowest BCUT2D eigenvalue weighted by Crippen LogP contribution is -2.47. The zero-order chi connectivity index (χ0) is 21.7. The number of rotatable bonds is 5. The fourth-order valence-electron chi connectivity index (χ4n) is 4.43. The van der Waals surface area contributed by atoms with Crippen LogP contribution in [0.2, 0.25) is 0 Å². The van der Waals surface area contributed by atoms with Gasteiger partial charge in [-0.3, -0.25) is 14.6 Å². The van der Waals surface area contributed by atoms with Crippen LogP contribution in [0.1, 0.15) is 64.5 Å². The Morgan fingerprint density at radius 3 is 2.50 bits per heavy atom. The van der Waals surface area contributed by atoms with Crippen LogP contribution in [0.5, 0.6) is 0 Å². The number of nitrogens with zero attached hydrogens (tertiary/aromatic N) is 2. The third-order valence-electron chi connectivity index (χ3n) is 5.89. The summed E-state index contributed by atoms with van der Waals surface area (Å²) >= 11 is 0. The number of amides is 2. The molecule has 30 heavy (non-hydrogen) atoms. The highest BCUT2D eigenvalue weighted by Crippen LogP contribution is 2.22. The highest BCUT2D eigenvalue weighted by molar-refractivity contribution is 5.86. The predicted octanol–water partition coefficient (Wildman–Crippen LogP) is 3.93. The first-order chi connectivity index (χ1) is 14.2.